The van der Waals surface area contributed by atoms with Crippen LogP contribution >= 0.6 is 0 Å². The first-order valence-electron chi connectivity index (χ1n) is 6.68. The van der Waals surface area contributed by atoms with Crippen LogP contribution in [-0.4, -0.2) is 5.91 Å². The molecule has 1 heterocycles. The predicted octanol–water partition coefficient (Wildman–Crippen LogP) is 3.37. The summed E-state index contributed by atoms with van der Waals surface area (Å²) < 4.78 is 0. The minimum absolute atomic E-state index is 0.203. The molecule has 0 spiro atoms. The molecule has 1 aromatic rings. The molecule has 1 unspecified atom stereocenters. The normalized spacial score (nSPS) is 21.5. The van der Waals surface area contributed by atoms with Gasteiger partial charge in [0.05, 0.1) is 6.04 Å². The molecule has 0 aromatic heterocycles. The molecule has 1 aliphatic heterocycles. The van der Waals surface area contributed by atoms with Crippen LogP contribution < -0.4 is 5.32 Å². The molecule has 2 nitrogen and oxygen atoms in total. The molecular weight excluding hydrogens is 210 g/mol. The maximum Gasteiger partial charge on any atom is 0.220 e. The van der Waals surface area contributed by atoms with Gasteiger partial charge in [-0.3, -0.25) is 4.79 Å². The summed E-state index contributed by atoms with van der Waals surface area (Å²) in [5, 5.41) is 3.13. The maximum absolute atomic E-state index is 11.6. The third-order valence-electron chi connectivity index (χ3n) is 3.52. The molecule has 0 saturated carbocycles. The zero-order valence-corrected chi connectivity index (χ0v) is 10.5. The van der Waals surface area contributed by atoms with Crippen LogP contribution in [0.5, 0.6) is 0 Å². The lowest BCUT2D eigenvalue weighted by Gasteiger charge is -2.21. The number of nitrogens with one attached hydrogen (secondary N) is 1. The lowest BCUT2D eigenvalue weighted by molar-refractivity contribution is -0.122. The lowest BCUT2D eigenvalue weighted by Crippen LogP contribution is -2.29. The van der Waals surface area contributed by atoms with Crippen molar-refractivity contribution in [3.05, 3.63) is 35.4 Å². The number of hydrogen-bond donors (Lipinski definition) is 1. The van der Waals surface area contributed by atoms with Gasteiger partial charge in [-0.25, -0.2) is 0 Å². The van der Waals surface area contributed by atoms with E-state index in [-0.39, 0.29) is 11.9 Å². The Bertz CT molecular complexity index is 369. The fourth-order valence-corrected chi connectivity index (χ4v) is 2.39. The molecule has 2 rings (SSSR count). The molecule has 1 aromatic carbocycles. The van der Waals surface area contributed by atoms with Gasteiger partial charge >= 0.3 is 0 Å². The SMILES string of the molecule is CCc1ccc(C2CCCCCC(=O)N2)cc1. The Hall–Kier alpha value is -1.31. The van der Waals surface area contributed by atoms with E-state index >= 15 is 0 Å². The fourth-order valence-electron chi connectivity index (χ4n) is 2.39. The van der Waals surface area contributed by atoms with Crippen LogP contribution in [0, 0.1) is 0 Å². The van der Waals surface area contributed by atoms with Crippen LogP contribution in [0.2, 0.25) is 0 Å². The largest absolute Gasteiger partial charge is 0.349 e. The smallest absolute Gasteiger partial charge is 0.220 e. The Morgan fingerprint density at radius 1 is 1.18 bits per heavy atom. The second kappa shape index (κ2) is 5.85. The molecule has 0 radical (unpaired) electrons. The molecular formula is C15H21NO. The van der Waals surface area contributed by atoms with Crippen LogP contribution in [0.1, 0.15) is 56.2 Å². The first-order chi connectivity index (χ1) is 8.29. The molecule has 1 amide bonds. The Kier molecular flexibility index (Phi) is 4.18. The van der Waals surface area contributed by atoms with Crippen molar-refractivity contribution < 1.29 is 4.79 Å². The number of hydrogen-bond acceptors (Lipinski definition) is 1. The summed E-state index contributed by atoms with van der Waals surface area (Å²) in [4.78, 5) is 11.6. The van der Waals surface area contributed by atoms with Gasteiger partial charge in [0.25, 0.3) is 0 Å². The van der Waals surface area contributed by atoms with Gasteiger partial charge in [0, 0.05) is 6.42 Å². The molecule has 2 heteroatoms. The van der Waals surface area contributed by atoms with Crippen molar-refractivity contribution in [1.29, 1.82) is 0 Å². The van der Waals surface area contributed by atoms with Crippen molar-refractivity contribution in [2.45, 2.75) is 51.5 Å². The summed E-state index contributed by atoms with van der Waals surface area (Å²) in [6.07, 6.45) is 6.24. The van der Waals surface area contributed by atoms with Crippen LogP contribution in [0.15, 0.2) is 24.3 Å². The highest BCUT2D eigenvalue weighted by Crippen LogP contribution is 2.23. The highest BCUT2D eigenvalue weighted by molar-refractivity contribution is 5.76. The maximum atomic E-state index is 11.6. The number of carbonyl (C=O) groups excluding carboxylic acids is 1. The highest BCUT2D eigenvalue weighted by Gasteiger charge is 2.16. The Morgan fingerprint density at radius 3 is 2.65 bits per heavy atom. The summed E-state index contributed by atoms with van der Waals surface area (Å²) >= 11 is 0. The summed E-state index contributed by atoms with van der Waals surface area (Å²) in [6, 6.07) is 8.87. The van der Waals surface area contributed by atoms with Gasteiger partial charge in [0.1, 0.15) is 0 Å². The summed E-state index contributed by atoms with van der Waals surface area (Å²) in [7, 11) is 0. The zero-order chi connectivity index (χ0) is 12.1. The van der Waals surface area contributed by atoms with E-state index < -0.39 is 0 Å². The van der Waals surface area contributed by atoms with E-state index in [1.54, 1.807) is 0 Å². The van der Waals surface area contributed by atoms with E-state index in [0.717, 1.165) is 19.3 Å². The second-order valence-electron chi connectivity index (χ2n) is 4.81. The molecule has 1 aliphatic rings. The van der Waals surface area contributed by atoms with E-state index in [9.17, 15) is 4.79 Å². The van der Waals surface area contributed by atoms with Gasteiger partial charge in [-0.2, -0.15) is 0 Å². The molecule has 1 saturated heterocycles. The van der Waals surface area contributed by atoms with Gasteiger partial charge in [0.15, 0.2) is 0 Å². The first kappa shape index (κ1) is 12.2. The molecule has 17 heavy (non-hydrogen) atoms. The Balaban J connectivity index is 2.09. The van der Waals surface area contributed by atoms with Crippen molar-refractivity contribution in [2.75, 3.05) is 0 Å². The molecule has 0 bridgehead atoms. The number of aryl methyl sites for hydroxylation is 1. The van der Waals surface area contributed by atoms with Crippen molar-refractivity contribution >= 4 is 5.91 Å². The van der Waals surface area contributed by atoms with Crippen LogP contribution in [0.3, 0.4) is 0 Å². The second-order valence-corrected chi connectivity index (χ2v) is 4.81. The van der Waals surface area contributed by atoms with Crippen LogP contribution in [-0.2, 0) is 11.2 Å². The van der Waals surface area contributed by atoms with E-state index in [4.69, 9.17) is 0 Å². The fraction of sp³-hybridized carbons (Fsp3) is 0.533. The van der Waals surface area contributed by atoms with E-state index in [1.807, 2.05) is 0 Å². The average molecular weight is 231 g/mol. The van der Waals surface area contributed by atoms with Gasteiger partial charge < -0.3 is 5.32 Å². The van der Waals surface area contributed by atoms with Gasteiger partial charge in [0.2, 0.25) is 5.91 Å². The minimum Gasteiger partial charge on any atom is -0.349 e. The van der Waals surface area contributed by atoms with Crippen molar-refractivity contribution in [3.63, 3.8) is 0 Å². The van der Waals surface area contributed by atoms with Gasteiger partial charge in [-0.05, 0) is 30.4 Å². The minimum atomic E-state index is 0.203. The van der Waals surface area contributed by atoms with Crippen molar-refractivity contribution in [1.82, 2.24) is 5.32 Å². The molecule has 1 N–H and O–H groups in total. The number of amides is 1. The van der Waals surface area contributed by atoms with Crippen molar-refractivity contribution in [3.8, 4) is 0 Å². The molecule has 1 fully saturated rings. The topological polar surface area (TPSA) is 29.1 Å². The van der Waals surface area contributed by atoms with E-state index in [1.165, 1.54) is 24.0 Å². The van der Waals surface area contributed by atoms with E-state index in [2.05, 4.69) is 36.5 Å². The third-order valence-corrected chi connectivity index (χ3v) is 3.52. The number of carbonyl (C=O) groups is 1. The van der Waals surface area contributed by atoms with Crippen molar-refractivity contribution in [2.24, 2.45) is 0 Å². The van der Waals surface area contributed by atoms with Crippen LogP contribution in [0.4, 0.5) is 0 Å². The molecule has 1 atom stereocenters. The first-order valence-corrected chi connectivity index (χ1v) is 6.68. The molecule has 92 valence electrons. The Labute approximate surface area is 103 Å². The zero-order valence-electron chi connectivity index (χ0n) is 10.5. The standard InChI is InChI=1S/C15H21NO/c1-2-12-8-10-13(11-9-12)14-6-4-3-5-7-15(17)16-14/h8-11,14H,2-7H2,1H3,(H,16,17). The number of benzene rings is 1. The van der Waals surface area contributed by atoms with Crippen LogP contribution in [0.25, 0.3) is 0 Å². The van der Waals surface area contributed by atoms with Gasteiger partial charge in [-0.1, -0.05) is 44.0 Å². The third kappa shape index (κ3) is 3.32. The monoisotopic (exact) mass is 231 g/mol. The Morgan fingerprint density at radius 2 is 1.94 bits per heavy atom. The van der Waals surface area contributed by atoms with Gasteiger partial charge in [-0.15, -0.1) is 0 Å². The highest BCUT2D eigenvalue weighted by atomic mass is 16.1. The summed E-state index contributed by atoms with van der Waals surface area (Å²) in [5.41, 5.74) is 2.60. The quantitative estimate of drug-likeness (QED) is 0.830. The predicted molar refractivity (Wildman–Crippen MR) is 69.8 cm³/mol. The summed E-state index contributed by atoms with van der Waals surface area (Å²) in [6.45, 7) is 2.16. The molecule has 0 aliphatic carbocycles. The average Bonchev–Trinajstić information content (AvgIpc) is 2.34. The summed E-state index contributed by atoms with van der Waals surface area (Å²) in [5.74, 6) is 0.203. The van der Waals surface area contributed by atoms with E-state index in [0.29, 0.717) is 6.42 Å². The number of rotatable bonds is 2. The lowest BCUT2D eigenvalue weighted by atomic mass is 9.96.